The highest BCUT2D eigenvalue weighted by atomic mass is 19.1. The number of hydrogen-bond donors (Lipinski definition) is 1. The Labute approximate surface area is 114 Å². The van der Waals surface area contributed by atoms with Crippen molar-refractivity contribution in [3.63, 3.8) is 0 Å². The van der Waals surface area contributed by atoms with Crippen LogP contribution in [0.4, 0.5) is 4.39 Å². The summed E-state index contributed by atoms with van der Waals surface area (Å²) >= 11 is 0. The van der Waals surface area contributed by atoms with Crippen molar-refractivity contribution in [1.82, 2.24) is 4.90 Å². The van der Waals surface area contributed by atoms with Crippen molar-refractivity contribution in [1.29, 1.82) is 0 Å². The van der Waals surface area contributed by atoms with Crippen molar-refractivity contribution < 1.29 is 9.13 Å². The number of halogens is 1. The van der Waals surface area contributed by atoms with E-state index in [0.717, 1.165) is 37.9 Å². The molecule has 1 aromatic carbocycles. The first kappa shape index (κ1) is 14.3. The minimum absolute atomic E-state index is 0.0769. The highest BCUT2D eigenvalue weighted by molar-refractivity contribution is 5.32. The first-order valence-electron chi connectivity index (χ1n) is 7.00. The lowest BCUT2D eigenvalue weighted by molar-refractivity contribution is 0.128. The molecule has 19 heavy (non-hydrogen) atoms. The van der Waals surface area contributed by atoms with Gasteiger partial charge in [0.1, 0.15) is 0 Å². The second-order valence-corrected chi connectivity index (χ2v) is 5.18. The molecule has 0 saturated carbocycles. The average Bonchev–Trinajstić information content (AvgIpc) is 2.39. The van der Waals surface area contributed by atoms with E-state index in [1.165, 1.54) is 7.11 Å². The average molecular weight is 266 g/mol. The van der Waals surface area contributed by atoms with Gasteiger partial charge in [0, 0.05) is 12.1 Å². The molecule has 0 aromatic heterocycles. The molecule has 106 valence electrons. The minimum Gasteiger partial charge on any atom is -0.494 e. The van der Waals surface area contributed by atoms with Gasteiger partial charge < -0.3 is 10.5 Å². The predicted molar refractivity (Wildman–Crippen MR) is 74.8 cm³/mol. The molecule has 0 radical (unpaired) electrons. The molecular weight excluding hydrogens is 243 g/mol. The Bertz CT molecular complexity index is 423. The number of ether oxygens (including phenoxy) is 1. The van der Waals surface area contributed by atoms with Gasteiger partial charge in [-0.1, -0.05) is 13.0 Å². The summed E-state index contributed by atoms with van der Waals surface area (Å²) < 4.78 is 18.8. The molecule has 0 bridgehead atoms. The van der Waals surface area contributed by atoms with Gasteiger partial charge in [0.15, 0.2) is 11.6 Å². The lowest BCUT2D eigenvalue weighted by Crippen LogP contribution is -2.46. The Balaban J connectivity index is 2.27. The molecule has 2 unspecified atom stereocenters. The second kappa shape index (κ2) is 6.35. The van der Waals surface area contributed by atoms with Crippen LogP contribution in [-0.2, 0) is 0 Å². The molecule has 2 N–H and O–H groups in total. The third kappa shape index (κ3) is 3.07. The van der Waals surface area contributed by atoms with Gasteiger partial charge in [0.2, 0.25) is 0 Å². The molecular formula is C15H23FN2O. The van der Waals surface area contributed by atoms with Crippen molar-refractivity contribution in [2.75, 3.05) is 20.2 Å². The van der Waals surface area contributed by atoms with Gasteiger partial charge in [0.25, 0.3) is 0 Å². The smallest absolute Gasteiger partial charge is 0.165 e. The summed E-state index contributed by atoms with van der Waals surface area (Å²) in [4.78, 5) is 2.37. The van der Waals surface area contributed by atoms with Gasteiger partial charge in [0.05, 0.1) is 7.11 Å². The molecule has 4 heteroatoms. The molecule has 1 saturated heterocycles. The highest BCUT2D eigenvalue weighted by Crippen LogP contribution is 2.32. The van der Waals surface area contributed by atoms with Gasteiger partial charge in [-0.15, -0.1) is 0 Å². The lowest BCUT2D eigenvalue weighted by Gasteiger charge is -2.40. The molecule has 1 aromatic rings. The summed E-state index contributed by atoms with van der Waals surface area (Å²) in [5.74, 6) is -0.0237. The summed E-state index contributed by atoms with van der Waals surface area (Å²) in [6, 6.07) is 5.38. The van der Waals surface area contributed by atoms with Crippen LogP contribution in [0, 0.1) is 5.82 Å². The van der Waals surface area contributed by atoms with Gasteiger partial charge in [-0.3, -0.25) is 4.90 Å². The number of nitrogens with zero attached hydrogens (tertiary/aromatic N) is 1. The Hall–Kier alpha value is -1.13. The minimum atomic E-state index is -0.311. The van der Waals surface area contributed by atoms with E-state index in [-0.39, 0.29) is 23.7 Å². The summed E-state index contributed by atoms with van der Waals surface area (Å²) in [5, 5.41) is 0. The van der Waals surface area contributed by atoms with E-state index in [9.17, 15) is 4.39 Å². The fourth-order valence-corrected chi connectivity index (χ4v) is 2.96. The molecule has 2 rings (SSSR count). The fourth-order valence-electron chi connectivity index (χ4n) is 2.96. The van der Waals surface area contributed by atoms with Crippen LogP contribution in [0.25, 0.3) is 0 Å². The molecule has 3 nitrogen and oxygen atoms in total. The lowest BCUT2D eigenvalue weighted by atomic mass is 9.90. The molecule has 1 fully saturated rings. The maximum atomic E-state index is 13.9. The van der Waals surface area contributed by atoms with Gasteiger partial charge in [-0.25, -0.2) is 4.39 Å². The van der Waals surface area contributed by atoms with Crippen LogP contribution >= 0.6 is 0 Å². The van der Waals surface area contributed by atoms with E-state index in [2.05, 4.69) is 11.8 Å². The summed E-state index contributed by atoms with van der Waals surface area (Å²) in [6.07, 6.45) is 3.21. The van der Waals surface area contributed by atoms with Crippen LogP contribution in [0.3, 0.4) is 0 Å². The van der Waals surface area contributed by atoms with E-state index < -0.39 is 0 Å². The second-order valence-electron chi connectivity index (χ2n) is 5.18. The number of hydrogen-bond acceptors (Lipinski definition) is 3. The number of likely N-dealkylation sites (tertiary alicyclic amines) is 1. The number of piperidine rings is 1. The van der Waals surface area contributed by atoms with Crippen molar-refractivity contribution in [2.45, 2.75) is 38.3 Å². The maximum absolute atomic E-state index is 13.9. The van der Waals surface area contributed by atoms with Crippen LogP contribution in [0.1, 0.15) is 37.8 Å². The molecule has 1 heterocycles. The maximum Gasteiger partial charge on any atom is 0.165 e. The molecule has 0 aliphatic carbocycles. The standard InChI is InChI=1S/C15H23FN2O/c1-3-8-18-9-4-5-13(17)15(18)11-6-7-14(19-2)12(16)10-11/h6-7,10,13,15H,3-5,8-9,17H2,1-2H3. The van der Waals surface area contributed by atoms with Crippen molar-refractivity contribution in [3.8, 4) is 5.75 Å². The monoisotopic (exact) mass is 266 g/mol. The van der Waals surface area contributed by atoms with Crippen molar-refractivity contribution >= 4 is 0 Å². The SMILES string of the molecule is CCCN1CCCC(N)C1c1ccc(OC)c(F)c1. The van der Waals surface area contributed by atoms with Crippen LogP contribution in [-0.4, -0.2) is 31.1 Å². The van der Waals surface area contributed by atoms with Gasteiger partial charge in [-0.2, -0.15) is 0 Å². The summed E-state index contributed by atoms with van der Waals surface area (Å²) in [6.45, 7) is 4.21. The molecule has 0 amide bonds. The third-order valence-corrected chi connectivity index (χ3v) is 3.81. The molecule has 0 spiro atoms. The zero-order valence-electron chi connectivity index (χ0n) is 11.7. The van der Waals surface area contributed by atoms with Crippen LogP contribution < -0.4 is 10.5 Å². The van der Waals surface area contributed by atoms with E-state index in [4.69, 9.17) is 10.5 Å². The number of rotatable bonds is 4. The van der Waals surface area contributed by atoms with E-state index >= 15 is 0 Å². The van der Waals surface area contributed by atoms with Crippen molar-refractivity contribution in [2.24, 2.45) is 5.73 Å². The Morgan fingerprint density at radius 1 is 1.47 bits per heavy atom. The van der Waals surface area contributed by atoms with Gasteiger partial charge in [-0.05, 0) is 50.0 Å². The summed E-state index contributed by atoms with van der Waals surface area (Å²) in [7, 11) is 1.48. The number of nitrogens with two attached hydrogens (primary N) is 1. The quantitative estimate of drug-likeness (QED) is 0.910. The van der Waals surface area contributed by atoms with Gasteiger partial charge >= 0.3 is 0 Å². The predicted octanol–water partition coefficient (Wildman–Crippen LogP) is 2.71. The molecule has 2 atom stereocenters. The largest absolute Gasteiger partial charge is 0.494 e. The summed E-state index contributed by atoms with van der Waals surface area (Å²) in [5.41, 5.74) is 7.21. The van der Waals surface area contributed by atoms with E-state index in [1.54, 1.807) is 12.1 Å². The third-order valence-electron chi connectivity index (χ3n) is 3.81. The van der Waals surface area contributed by atoms with E-state index in [0.29, 0.717) is 0 Å². The zero-order chi connectivity index (χ0) is 13.8. The molecule has 1 aliphatic heterocycles. The highest BCUT2D eigenvalue weighted by Gasteiger charge is 2.30. The topological polar surface area (TPSA) is 38.5 Å². The van der Waals surface area contributed by atoms with Crippen molar-refractivity contribution in [3.05, 3.63) is 29.6 Å². The zero-order valence-corrected chi connectivity index (χ0v) is 11.7. The Morgan fingerprint density at radius 2 is 2.26 bits per heavy atom. The van der Waals surface area contributed by atoms with E-state index in [1.807, 2.05) is 6.07 Å². The fraction of sp³-hybridized carbons (Fsp3) is 0.600. The van der Waals surface area contributed by atoms with Crippen LogP contribution in [0.15, 0.2) is 18.2 Å². The Kier molecular flexibility index (Phi) is 4.77. The van der Waals surface area contributed by atoms with Crippen LogP contribution in [0.5, 0.6) is 5.75 Å². The first-order chi connectivity index (χ1) is 9.17. The van der Waals surface area contributed by atoms with Crippen LogP contribution in [0.2, 0.25) is 0 Å². The normalized spacial score (nSPS) is 24.4. The number of methoxy groups -OCH3 is 1. The Morgan fingerprint density at radius 3 is 2.89 bits per heavy atom. The first-order valence-corrected chi connectivity index (χ1v) is 7.00. The molecule has 1 aliphatic rings. The number of benzene rings is 1.